The number of rotatable bonds is 18. The molecule has 2 N–H and O–H groups in total. The van der Waals surface area contributed by atoms with Crippen molar-refractivity contribution in [3.8, 4) is 0 Å². The van der Waals surface area contributed by atoms with Crippen molar-refractivity contribution in [3.63, 3.8) is 0 Å². The quantitative estimate of drug-likeness (QED) is 0.229. The van der Waals surface area contributed by atoms with Gasteiger partial charge < -0.3 is 19.0 Å². The number of unbranched alkanes of at least 4 members (excludes halogenated alkanes) is 4. The molecule has 6 nitrogen and oxygen atoms in total. The number of hydrogen-bond donors (Lipinski definition) is 1. The molecule has 0 aliphatic rings. The summed E-state index contributed by atoms with van der Waals surface area (Å²) >= 11 is 0. The first-order chi connectivity index (χ1) is 12.1. The summed E-state index contributed by atoms with van der Waals surface area (Å²) in [5.41, 5.74) is 0. The first-order valence-corrected chi connectivity index (χ1v) is 9.37. The molecule has 0 saturated carbocycles. The number of ether oxygens (including phenoxy) is 3. The second kappa shape index (κ2) is 17.9. The SMILES string of the molecule is C=CCOCC(CCCCCCCC(C)C)OCCOCC(=O)ON. The van der Waals surface area contributed by atoms with Crippen molar-refractivity contribution in [1.29, 1.82) is 0 Å². The third kappa shape index (κ3) is 17.7. The highest BCUT2D eigenvalue weighted by Crippen LogP contribution is 2.13. The van der Waals surface area contributed by atoms with Crippen LogP contribution in [-0.4, -0.2) is 45.1 Å². The highest BCUT2D eigenvalue weighted by Gasteiger charge is 2.10. The Bertz CT molecular complexity index is 323. The van der Waals surface area contributed by atoms with Gasteiger partial charge in [-0.3, -0.25) is 0 Å². The van der Waals surface area contributed by atoms with Gasteiger partial charge in [-0.05, 0) is 12.3 Å². The lowest BCUT2D eigenvalue weighted by Crippen LogP contribution is -2.23. The first kappa shape index (κ1) is 24.1. The minimum Gasteiger partial charge on any atom is -0.375 e. The molecule has 25 heavy (non-hydrogen) atoms. The van der Waals surface area contributed by atoms with Crippen LogP contribution in [0.25, 0.3) is 0 Å². The molecule has 0 heterocycles. The fourth-order valence-electron chi connectivity index (χ4n) is 2.42. The van der Waals surface area contributed by atoms with E-state index in [1.165, 1.54) is 32.1 Å². The van der Waals surface area contributed by atoms with Gasteiger partial charge in [0.05, 0.1) is 32.5 Å². The molecule has 0 aromatic rings. The number of nitrogens with two attached hydrogens (primary N) is 1. The fourth-order valence-corrected chi connectivity index (χ4v) is 2.42. The summed E-state index contributed by atoms with van der Waals surface area (Å²) in [5, 5.41) is 0. The van der Waals surface area contributed by atoms with Gasteiger partial charge in [-0.25, -0.2) is 4.79 Å². The Morgan fingerprint density at radius 1 is 1.04 bits per heavy atom. The van der Waals surface area contributed by atoms with Crippen LogP contribution < -0.4 is 5.90 Å². The topological polar surface area (TPSA) is 80.0 Å². The van der Waals surface area contributed by atoms with E-state index in [1.54, 1.807) is 6.08 Å². The maximum absolute atomic E-state index is 10.8. The molecular weight excluding hydrogens is 322 g/mol. The molecule has 0 saturated heterocycles. The molecule has 148 valence electrons. The van der Waals surface area contributed by atoms with Crippen molar-refractivity contribution in [1.82, 2.24) is 0 Å². The molecule has 0 aliphatic heterocycles. The normalized spacial score (nSPS) is 12.3. The van der Waals surface area contributed by atoms with Crippen LogP contribution in [0, 0.1) is 5.92 Å². The van der Waals surface area contributed by atoms with E-state index in [2.05, 4.69) is 25.3 Å². The largest absolute Gasteiger partial charge is 0.375 e. The van der Waals surface area contributed by atoms with Gasteiger partial charge in [-0.2, -0.15) is 5.90 Å². The van der Waals surface area contributed by atoms with Crippen LogP contribution in [0.4, 0.5) is 0 Å². The van der Waals surface area contributed by atoms with Crippen LogP contribution in [-0.2, 0) is 23.8 Å². The average Bonchev–Trinajstić information content (AvgIpc) is 2.59. The monoisotopic (exact) mass is 359 g/mol. The molecule has 0 fully saturated rings. The molecule has 1 atom stereocenters. The van der Waals surface area contributed by atoms with Crippen LogP contribution >= 0.6 is 0 Å². The van der Waals surface area contributed by atoms with Crippen LogP contribution in [0.2, 0.25) is 0 Å². The van der Waals surface area contributed by atoms with E-state index in [1.807, 2.05) is 0 Å². The van der Waals surface area contributed by atoms with Gasteiger partial charge in [0.25, 0.3) is 0 Å². The van der Waals surface area contributed by atoms with E-state index < -0.39 is 5.97 Å². The lowest BCUT2D eigenvalue weighted by molar-refractivity contribution is -0.150. The second-order valence-corrected chi connectivity index (χ2v) is 6.60. The van der Waals surface area contributed by atoms with Crippen molar-refractivity contribution in [3.05, 3.63) is 12.7 Å². The average molecular weight is 360 g/mol. The van der Waals surface area contributed by atoms with Crippen molar-refractivity contribution < 1.29 is 23.8 Å². The second-order valence-electron chi connectivity index (χ2n) is 6.60. The van der Waals surface area contributed by atoms with E-state index in [9.17, 15) is 4.79 Å². The lowest BCUT2D eigenvalue weighted by Gasteiger charge is -2.18. The molecule has 1 unspecified atom stereocenters. The third-order valence-electron chi connectivity index (χ3n) is 3.78. The molecule has 0 radical (unpaired) electrons. The number of carbonyl (C=O) groups excluding carboxylic acids is 1. The van der Waals surface area contributed by atoms with Crippen LogP contribution in [0.5, 0.6) is 0 Å². The van der Waals surface area contributed by atoms with Crippen LogP contribution in [0.1, 0.15) is 58.8 Å². The van der Waals surface area contributed by atoms with E-state index in [-0.39, 0.29) is 12.7 Å². The molecular formula is C19H37NO5. The number of hydrogen-bond acceptors (Lipinski definition) is 6. The predicted molar refractivity (Wildman–Crippen MR) is 99.0 cm³/mol. The van der Waals surface area contributed by atoms with E-state index in [0.717, 1.165) is 18.8 Å². The Morgan fingerprint density at radius 2 is 1.72 bits per heavy atom. The lowest BCUT2D eigenvalue weighted by atomic mass is 10.0. The zero-order valence-electron chi connectivity index (χ0n) is 16.0. The molecule has 0 spiro atoms. The summed E-state index contributed by atoms with van der Waals surface area (Å²) in [6.07, 6.45) is 10.3. The van der Waals surface area contributed by atoms with Gasteiger partial charge in [0, 0.05) is 0 Å². The Labute approximate surface area is 153 Å². The summed E-state index contributed by atoms with van der Waals surface area (Å²) in [6, 6.07) is 0. The molecule has 0 bridgehead atoms. The van der Waals surface area contributed by atoms with Crippen molar-refractivity contribution in [2.24, 2.45) is 11.8 Å². The summed E-state index contributed by atoms with van der Waals surface area (Å²) in [5.74, 6) is 4.94. The molecule has 0 aromatic carbocycles. The van der Waals surface area contributed by atoms with Gasteiger partial charge in [0.2, 0.25) is 0 Å². The third-order valence-corrected chi connectivity index (χ3v) is 3.78. The fraction of sp³-hybridized carbons (Fsp3) is 0.842. The van der Waals surface area contributed by atoms with E-state index in [0.29, 0.717) is 26.4 Å². The highest BCUT2D eigenvalue weighted by atomic mass is 16.7. The predicted octanol–water partition coefficient (Wildman–Crippen LogP) is 3.39. The zero-order chi connectivity index (χ0) is 18.8. The van der Waals surface area contributed by atoms with Gasteiger partial charge in [-0.1, -0.05) is 58.4 Å². The van der Waals surface area contributed by atoms with Crippen LogP contribution in [0.15, 0.2) is 12.7 Å². The van der Waals surface area contributed by atoms with Crippen molar-refractivity contribution >= 4 is 5.97 Å². The molecule has 0 amide bonds. The van der Waals surface area contributed by atoms with E-state index >= 15 is 0 Å². The minimum atomic E-state index is -0.594. The van der Waals surface area contributed by atoms with Gasteiger partial charge >= 0.3 is 5.97 Å². The van der Waals surface area contributed by atoms with E-state index in [4.69, 9.17) is 20.1 Å². The molecule has 6 heteroatoms. The molecule has 0 rings (SSSR count). The molecule has 0 aromatic heterocycles. The molecule has 0 aliphatic carbocycles. The van der Waals surface area contributed by atoms with Crippen molar-refractivity contribution in [2.75, 3.05) is 33.0 Å². The van der Waals surface area contributed by atoms with Gasteiger partial charge in [-0.15, -0.1) is 6.58 Å². The zero-order valence-corrected chi connectivity index (χ0v) is 16.0. The Hall–Kier alpha value is -0.950. The summed E-state index contributed by atoms with van der Waals surface area (Å²) in [6.45, 7) is 9.83. The Kier molecular flexibility index (Phi) is 17.2. The number of carbonyl (C=O) groups is 1. The standard InChI is InChI=1S/C19H37NO5/c1-4-12-22-15-18(24-14-13-23-16-19(21)25-20)11-9-7-5-6-8-10-17(2)3/h4,17-18H,1,5-16,20H2,2-3H3. The maximum Gasteiger partial charge on any atom is 0.350 e. The Morgan fingerprint density at radius 3 is 2.36 bits per heavy atom. The summed E-state index contributed by atoms with van der Waals surface area (Å²) in [4.78, 5) is 14.8. The minimum absolute atomic E-state index is 0.0423. The summed E-state index contributed by atoms with van der Waals surface area (Å²) in [7, 11) is 0. The van der Waals surface area contributed by atoms with Crippen LogP contribution in [0.3, 0.4) is 0 Å². The Balaban J connectivity index is 3.77. The van der Waals surface area contributed by atoms with Crippen molar-refractivity contribution in [2.45, 2.75) is 64.9 Å². The maximum atomic E-state index is 10.8. The smallest absolute Gasteiger partial charge is 0.350 e. The summed E-state index contributed by atoms with van der Waals surface area (Å²) < 4.78 is 16.4. The first-order valence-electron chi connectivity index (χ1n) is 9.37. The van der Waals surface area contributed by atoms with Gasteiger partial charge in [0.1, 0.15) is 6.61 Å². The highest BCUT2D eigenvalue weighted by molar-refractivity contribution is 5.70. The van der Waals surface area contributed by atoms with Gasteiger partial charge in [0.15, 0.2) is 0 Å².